The first-order chi connectivity index (χ1) is 11.2. The minimum atomic E-state index is -3.49. The van der Waals surface area contributed by atoms with Gasteiger partial charge in [-0.15, -0.1) is 0 Å². The normalized spacial score (nSPS) is 22.8. The van der Waals surface area contributed by atoms with Crippen molar-refractivity contribution in [2.24, 2.45) is 0 Å². The van der Waals surface area contributed by atoms with Crippen molar-refractivity contribution >= 4 is 15.9 Å². The summed E-state index contributed by atoms with van der Waals surface area (Å²) in [6.45, 7) is 7.33. The quantitative estimate of drug-likeness (QED) is 0.782. The van der Waals surface area contributed by atoms with Crippen LogP contribution in [0.3, 0.4) is 0 Å². The van der Waals surface area contributed by atoms with Crippen LogP contribution in [0.5, 0.6) is 0 Å². The van der Waals surface area contributed by atoms with Crippen LogP contribution in [0.25, 0.3) is 0 Å². The van der Waals surface area contributed by atoms with E-state index < -0.39 is 10.2 Å². The lowest BCUT2D eigenvalue weighted by Crippen LogP contribution is -2.52. The van der Waals surface area contributed by atoms with Gasteiger partial charge in [-0.25, -0.2) is 0 Å². The summed E-state index contributed by atoms with van der Waals surface area (Å²) in [5.41, 5.74) is 2.08. The second kappa shape index (κ2) is 7.82. The summed E-state index contributed by atoms with van der Waals surface area (Å²) in [6, 6.07) is 7.99. The predicted octanol–water partition coefficient (Wildman–Crippen LogP) is 1.93. The van der Waals surface area contributed by atoms with Gasteiger partial charge in [0, 0.05) is 46.0 Å². The largest absolute Gasteiger partial charge is 0.378 e. The summed E-state index contributed by atoms with van der Waals surface area (Å²) in [7, 11) is 0.481. The molecule has 6 nitrogen and oxygen atoms in total. The number of benzene rings is 1. The van der Waals surface area contributed by atoms with Crippen molar-refractivity contribution in [3.8, 4) is 0 Å². The van der Waals surface area contributed by atoms with E-state index in [9.17, 15) is 8.42 Å². The van der Waals surface area contributed by atoms with Crippen molar-refractivity contribution in [3.63, 3.8) is 0 Å². The molecule has 0 spiro atoms. The molecule has 2 atom stereocenters. The summed E-state index contributed by atoms with van der Waals surface area (Å²) >= 11 is 0. The third-order valence-electron chi connectivity index (χ3n) is 4.20. The van der Waals surface area contributed by atoms with E-state index in [0.717, 1.165) is 11.3 Å². The monoisotopic (exact) mass is 355 g/mol. The molecule has 0 amide bonds. The Labute approximate surface area is 146 Å². The number of hydrogen-bond donors (Lipinski definition) is 0. The van der Waals surface area contributed by atoms with E-state index in [1.54, 1.807) is 4.31 Å². The highest BCUT2D eigenvalue weighted by molar-refractivity contribution is 7.86. The average Bonchev–Trinajstić information content (AvgIpc) is 2.51. The second-order valence-electron chi connectivity index (χ2n) is 6.57. The molecule has 0 aromatic heterocycles. The zero-order valence-electron chi connectivity index (χ0n) is 15.3. The molecule has 136 valence electrons. The molecule has 1 saturated heterocycles. The predicted molar refractivity (Wildman–Crippen MR) is 97.4 cm³/mol. The Balaban J connectivity index is 2.14. The molecule has 0 aliphatic carbocycles. The van der Waals surface area contributed by atoms with Gasteiger partial charge in [0.1, 0.15) is 0 Å². The Morgan fingerprint density at radius 3 is 2.12 bits per heavy atom. The SMILES string of the molecule is CCN(Cc1ccc(N(C)C)cc1)S(=O)(=O)N1C[C@@H](C)O[C@@H](C)C1. The number of morpholine rings is 1. The minimum absolute atomic E-state index is 0.0818. The summed E-state index contributed by atoms with van der Waals surface area (Å²) in [4.78, 5) is 2.02. The molecule has 1 aliphatic heterocycles. The Morgan fingerprint density at radius 1 is 1.12 bits per heavy atom. The lowest BCUT2D eigenvalue weighted by Gasteiger charge is -2.37. The molecule has 1 aromatic rings. The van der Waals surface area contributed by atoms with Gasteiger partial charge in [0.05, 0.1) is 12.2 Å². The van der Waals surface area contributed by atoms with Gasteiger partial charge in [-0.2, -0.15) is 17.0 Å². The van der Waals surface area contributed by atoms with Gasteiger partial charge in [0.2, 0.25) is 0 Å². The highest BCUT2D eigenvalue weighted by Crippen LogP contribution is 2.20. The van der Waals surface area contributed by atoms with Crippen molar-refractivity contribution < 1.29 is 13.2 Å². The van der Waals surface area contributed by atoms with E-state index in [4.69, 9.17) is 4.74 Å². The molecule has 7 heteroatoms. The van der Waals surface area contributed by atoms with Crippen molar-refractivity contribution in [2.45, 2.75) is 39.5 Å². The minimum Gasteiger partial charge on any atom is -0.378 e. The number of nitrogens with zero attached hydrogens (tertiary/aromatic N) is 3. The third-order valence-corrected chi connectivity index (χ3v) is 6.19. The van der Waals surface area contributed by atoms with E-state index in [-0.39, 0.29) is 12.2 Å². The number of rotatable bonds is 6. The van der Waals surface area contributed by atoms with Gasteiger partial charge >= 0.3 is 0 Å². The van der Waals surface area contributed by atoms with Gasteiger partial charge in [-0.1, -0.05) is 19.1 Å². The maximum Gasteiger partial charge on any atom is 0.282 e. The fourth-order valence-corrected chi connectivity index (χ4v) is 4.70. The standard InChI is InChI=1S/C17H29N3O3S/c1-6-19(13-16-7-9-17(10-8-16)18(4)5)24(21,22)20-11-14(2)23-15(3)12-20/h7-10,14-15H,6,11-13H2,1-5H3/t14-,15+. The van der Waals surface area contributed by atoms with Crippen LogP contribution in [-0.2, 0) is 21.5 Å². The summed E-state index contributed by atoms with van der Waals surface area (Å²) in [5.74, 6) is 0. The summed E-state index contributed by atoms with van der Waals surface area (Å²) in [6.07, 6.45) is -0.164. The van der Waals surface area contributed by atoms with Gasteiger partial charge < -0.3 is 9.64 Å². The molecule has 2 rings (SSSR count). The Kier molecular flexibility index (Phi) is 6.25. The van der Waals surface area contributed by atoms with Crippen LogP contribution in [0.4, 0.5) is 5.69 Å². The van der Waals surface area contributed by atoms with Crippen molar-refractivity contribution in [1.82, 2.24) is 8.61 Å². The zero-order valence-corrected chi connectivity index (χ0v) is 16.1. The second-order valence-corrected chi connectivity index (χ2v) is 8.50. The van der Waals surface area contributed by atoms with E-state index in [0.29, 0.717) is 26.2 Å². The van der Waals surface area contributed by atoms with Crippen LogP contribution < -0.4 is 4.90 Å². The lowest BCUT2D eigenvalue weighted by atomic mass is 10.2. The maximum atomic E-state index is 13.0. The topological polar surface area (TPSA) is 53.1 Å². The molecule has 0 N–H and O–H groups in total. The molecule has 1 fully saturated rings. The summed E-state index contributed by atoms with van der Waals surface area (Å²) in [5, 5.41) is 0. The maximum absolute atomic E-state index is 13.0. The van der Waals surface area contributed by atoms with Crippen molar-refractivity contribution in [1.29, 1.82) is 0 Å². The molecule has 1 aromatic carbocycles. The highest BCUT2D eigenvalue weighted by atomic mass is 32.2. The smallest absolute Gasteiger partial charge is 0.282 e. The van der Waals surface area contributed by atoms with Gasteiger partial charge in [-0.3, -0.25) is 0 Å². The molecule has 0 saturated carbocycles. The van der Waals surface area contributed by atoms with Crippen molar-refractivity contribution in [2.75, 3.05) is 38.6 Å². The third kappa shape index (κ3) is 4.47. The van der Waals surface area contributed by atoms with Gasteiger partial charge in [-0.05, 0) is 31.5 Å². The lowest BCUT2D eigenvalue weighted by molar-refractivity contribution is -0.0455. The molecule has 0 bridgehead atoms. The van der Waals surface area contributed by atoms with E-state index in [1.807, 2.05) is 64.0 Å². The van der Waals surface area contributed by atoms with E-state index >= 15 is 0 Å². The number of ether oxygens (including phenoxy) is 1. The molecule has 24 heavy (non-hydrogen) atoms. The fraction of sp³-hybridized carbons (Fsp3) is 0.647. The van der Waals surface area contributed by atoms with Crippen LogP contribution in [0.15, 0.2) is 24.3 Å². The van der Waals surface area contributed by atoms with E-state index in [1.165, 1.54) is 4.31 Å². The number of anilines is 1. The highest BCUT2D eigenvalue weighted by Gasteiger charge is 2.34. The Bertz CT molecular complexity index is 621. The zero-order chi connectivity index (χ0) is 17.9. The van der Waals surface area contributed by atoms with Crippen molar-refractivity contribution in [3.05, 3.63) is 29.8 Å². The molecule has 0 unspecified atom stereocenters. The van der Waals surface area contributed by atoms with Gasteiger partial charge in [0.15, 0.2) is 0 Å². The molecular weight excluding hydrogens is 326 g/mol. The molecule has 0 radical (unpaired) electrons. The average molecular weight is 356 g/mol. The first kappa shape index (κ1) is 19.2. The van der Waals surface area contributed by atoms with E-state index in [2.05, 4.69) is 0 Å². The molecule has 1 aliphatic rings. The molecular formula is C17H29N3O3S. The van der Waals surface area contributed by atoms with Crippen LogP contribution >= 0.6 is 0 Å². The van der Waals surface area contributed by atoms with Gasteiger partial charge in [0.25, 0.3) is 10.2 Å². The Hall–Kier alpha value is -1.15. The van der Waals surface area contributed by atoms with Crippen LogP contribution in [-0.4, -0.2) is 63.0 Å². The first-order valence-corrected chi connectivity index (χ1v) is 9.80. The van der Waals surface area contributed by atoms with Crippen LogP contribution in [0, 0.1) is 0 Å². The summed E-state index contributed by atoms with van der Waals surface area (Å²) < 4.78 is 34.7. The fourth-order valence-electron chi connectivity index (χ4n) is 2.94. The van der Waals surface area contributed by atoms with Crippen LogP contribution in [0.2, 0.25) is 0 Å². The first-order valence-electron chi connectivity index (χ1n) is 8.41. The molecule has 1 heterocycles. The Morgan fingerprint density at radius 2 is 1.67 bits per heavy atom. The number of hydrogen-bond acceptors (Lipinski definition) is 4. The van der Waals surface area contributed by atoms with Crippen LogP contribution in [0.1, 0.15) is 26.3 Å².